The van der Waals surface area contributed by atoms with E-state index in [9.17, 15) is 9.59 Å². The molecule has 216 valence electrons. The van der Waals surface area contributed by atoms with Gasteiger partial charge in [-0.3, -0.25) is 9.59 Å². The molecule has 0 aliphatic rings. The number of hydrogen-bond donors (Lipinski definition) is 2. The summed E-state index contributed by atoms with van der Waals surface area (Å²) in [7, 11) is 0. The van der Waals surface area contributed by atoms with Crippen molar-refractivity contribution < 1.29 is 28.5 Å². The van der Waals surface area contributed by atoms with E-state index >= 15 is 0 Å². The number of hydrogen-bond acceptors (Lipinski definition) is 7. The zero-order valence-electron chi connectivity index (χ0n) is 23.0. The average molecular weight is 692 g/mol. The molecule has 0 radical (unpaired) electrons. The molecule has 0 aromatic heterocycles. The Hall–Kier alpha value is -3.77. The Bertz CT molecular complexity index is 1430. The topological polar surface area (TPSA) is 107 Å². The number of ether oxygens (including phenoxy) is 4. The summed E-state index contributed by atoms with van der Waals surface area (Å²) in [5.74, 6) is 1.07. The van der Waals surface area contributed by atoms with Crippen molar-refractivity contribution in [3.8, 4) is 23.0 Å². The van der Waals surface area contributed by atoms with Gasteiger partial charge < -0.3 is 24.3 Å². The number of rotatable bonds is 14. The molecular formula is C30H31ClIN3O6. The molecule has 2 N–H and O–H groups in total. The monoisotopic (exact) mass is 691 g/mol. The van der Waals surface area contributed by atoms with Gasteiger partial charge >= 0.3 is 0 Å². The molecule has 0 unspecified atom stereocenters. The Kier molecular flexibility index (Phi) is 12.3. The molecule has 41 heavy (non-hydrogen) atoms. The first-order chi connectivity index (χ1) is 19.7. The largest absolute Gasteiger partial charge is 0.490 e. The number of halogens is 2. The quantitative estimate of drug-likeness (QED) is 0.0878. The lowest BCUT2D eigenvalue weighted by Crippen LogP contribution is -2.20. The van der Waals surface area contributed by atoms with Gasteiger partial charge in [0.05, 0.1) is 23.0 Å². The first kappa shape index (κ1) is 31.8. The van der Waals surface area contributed by atoms with Gasteiger partial charge in [-0.2, -0.15) is 5.10 Å². The summed E-state index contributed by atoms with van der Waals surface area (Å²) >= 11 is 8.23. The third kappa shape index (κ3) is 9.39. The van der Waals surface area contributed by atoms with E-state index in [1.165, 1.54) is 6.21 Å². The van der Waals surface area contributed by atoms with Crippen molar-refractivity contribution in [1.82, 2.24) is 5.43 Å². The molecule has 0 aliphatic carbocycles. The SMILES string of the molecule is C=CCOc1ccc(C(=O)N/N=C/c2cc(I)c(OCC(=O)Nc3ccc(C)c(Cl)c3)c(OCC)c2)cc1OCC. The number of anilines is 1. The Morgan fingerprint density at radius 1 is 0.976 bits per heavy atom. The molecule has 0 atom stereocenters. The maximum atomic E-state index is 12.7. The number of benzene rings is 3. The van der Waals surface area contributed by atoms with E-state index in [0.29, 0.717) is 68.2 Å². The van der Waals surface area contributed by atoms with E-state index < -0.39 is 5.91 Å². The minimum absolute atomic E-state index is 0.230. The fourth-order valence-corrected chi connectivity index (χ4v) is 4.45. The second-order valence-electron chi connectivity index (χ2n) is 8.46. The molecule has 0 spiro atoms. The second-order valence-corrected chi connectivity index (χ2v) is 10.0. The minimum atomic E-state index is -0.418. The molecule has 3 rings (SSSR count). The van der Waals surface area contributed by atoms with Gasteiger partial charge in [-0.1, -0.05) is 30.3 Å². The standard InChI is InChI=1S/C30H31ClIN3O6/c1-5-12-40-25-11-9-21(15-26(25)38-6-2)30(37)35-33-17-20-13-24(32)29(27(14-20)39-7-3)41-18-28(36)34-22-10-8-19(4)23(31)16-22/h5,8-11,13-17H,1,6-7,12,18H2,2-4H3,(H,34,36)(H,35,37)/b33-17+. The van der Waals surface area contributed by atoms with Gasteiger partial charge in [-0.15, -0.1) is 0 Å². The van der Waals surface area contributed by atoms with E-state index in [-0.39, 0.29) is 12.5 Å². The summed E-state index contributed by atoms with van der Waals surface area (Å²) in [6.45, 7) is 10.1. The van der Waals surface area contributed by atoms with Gasteiger partial charge in [0, 0.05) is 16.3 Å². The van der Waals surface area contributed by atoms with Crippen LogP contribution in [0.25, 0.3) is 0 Å². The number of aryl methyl sites for hydroxylation is 1. The van der Waals surface area contributed by atoms with E-state index in [4.69, 9.17) is 30.5 Å². The number of amides is 2. The number of nitrogens with one attached hydrogen (secondary N) is 2. The highest BCUT2D eigenvalue weighted by molar-refractivity contribution is 14.1. The molecular weight excluding hydrogens is 661 g/mol. The van der Waals surface area contributed by atoms with Crippen LogP contribution in [0.1, 0.15) is 35.3 Å². The van der Waals surface area contributed by atoms with Crippen LogP contribution < -0.4 is 29.7 Å². The van der Waals surface area contributed by atoms with Crippen molar-refractivity contribution in [3.05, 3.63) is 86.5 Å². The van der Waals surface area contributed by atoms with Crippen molar-refractivity contribution in [2.75, 3.05) is 31.7 Å². The van der Waals surface area contributed by atoms with E-state index in [2.05, 4.69) is 45.0 Å². The Balaban J connectivity index is 1.67. The van der Waals surface area contributed by atoms with Crippen LogP contribution >= 0.6 is 34.2 Å². The van der Waals surface area contributed by atoms with Gasteiger partial charge in [-0.05, 0) is 97.0 Å². The fraction of sp³-hybridized carbons (Fsp3) is 0.233. The molecule has 0 saturated heterocycles. The molecule has 2 amide bonds. The lowest BCUT2D eigenvalue weighted by molar-refractivity contribution is -0.118. The molecule has 0 saturated carbocycles. The average Bonchev–Trinajstić information content (AvgIpc) is 2.94. The molecule has 3 aromatic carbocycles. The third-order valence-corrected chi connectivity index (χ3v) is 6.59. The molecule has 0 aliphatic heterocycles. The van der Waals surface area contributed by atoms with Crippen LogP contribution in [0.15, 0.2) is 66.3 Å². The van der Waals surface area contributed by atoms with Crippen molar-refractivity contribution in [1.29, 1.82) is 0 Å². The van der Waals surface area contributed by atoms with E-state index in [1.54, 1.807) is 48.5 Å². The Morgan fingerprint density at radius 2 is 1.73 bits per heavy atom. The first-order valence-electron chi connectivity index (χ1n) is 12.7. The number of nitrogens with zero attached hydrogens (tertiary/aromatic N) is 1. The molecule has 0 heterocycles. The molecule has 3 aromatic rings. The van der Waals surface area contributed by atoms with Crippen LogP contribution in [-0.2, 0) is 4.79 Å². The van der Waals surface area contributed by atoms with Crippen molar-refractivity contribution in [2.24, 2.45) is 5.10 Å². The summed E-state index contributed by atoms with van der Waals surface area (Å²) in [5, 5.41) is 7.41. The van der Waals surface area contributed by atoms with Crippen LogP contribution in [0.3, 0.4) is 0 Å². The van der Waals surface area contributed by atoms with Crippen molar-refractivity contribution in [2.45, 2.75) is 20.8 Å². The zero-order chi connectivity index (χ0) is 29.8. The summed E-state index contributed by atoms with van der Waals surface area (Å²) in [6.07, 6.45) is 3.12. The number of carbonyl (C=O) groups excluding carboxylic acids is 2. The Labute approximate surface area is 258 Å². The summed E-state index contributed by atoms with van der Waals surface area (Å²) in [6, 6.07) is 13.7. The first-order valence-corrected chi connectivity index (χ1v) is 14.2. The minimum Gasteiger partial charge on any atom is -0.490 e. The summed E-state index contributed by atoms with van der Waals surface area (Å²) in [4.78, 5) is 25.2. The lowest BCUT2D eigenvalue weighted by atomic mass is 10.2. The molecule has 9 nitrogen and oxygen atoms in total. The van der Waals surface area contributed by atoms with E-state index in [0.717, 1.165) is 5.56 Å². The lowest BCUT2D eigenvalue weighted by Gasteiger charge is -2.15. The maximum Gasteiger partial charge on any atom is 0.271 e. The summed E-state index contributed by atoms with van der Waals surface area (Å²) < 4.78 is 23.4. The maximum absolute atomic E-state index is 12.7. The highest BCUT2D eigenvalue weighted by Gasteiger charge is 2.15. The fourth-order valence-electron chi connectivity index (χ4n) is 3.49. The second kappa shape index (κ2) is 15.9. The third-order valence-electron chi connectivity index (χ3n) is 5.38. The van der Waals surface area contributed by atoms with Gasteiger partial charge in [0.1, 0.15) is 6.61 Å². The highest BCUT2D eigenvalue weighted by Crippen LogP contribution is 2.34. The van der Waals surface area contributed by atoms with Crippen LogP contribution in [0, 0.1) is 10.5 Å². The van der Waals surface area contributed by atoms with Gasteiger partial charge in [-0.25, -0.2) is 5.43 Å². The smallest absolute Gasteiger partial charge is 0.271 e. The van der Waals surface area contributed by atoms with Gasteiger partial charge in [0.25, 0.3) is 11.8 Å². The predicted molar refractivity (Wildman–Crippen MR) is 169 cm³/mol. The normalized spacial score (nSPS) is 10.7. The molecule has 11 heteroatoms. The zero-order valence-corrected chi connectivity index (χ0v) is 25.9. The van der Waals surface area contributed by atoms with Crippen molar-refractivity contribution >= 4 is 57.9 Å². The number of carbonyl (C=O) groups is 2. The molecule has 0 fully saturated rings. The Morgan fingerprint density at radius 3 is 2.44 bits per heavy atom. The molecule has 0 bridgehead atoms. The van der Waals surface area contributed by atoms with Crippen LogP contribution in [0.2, 0.25) is 5.02 Å². The van der Waals surface area contributed by atoms with Gasteiger partial charge in [0.15, 0.2) is 29.6 Å². The van der Waals surface area contributed by atoms with Crippen LogP contribution in [0.4, 0.5) is 5.69 Å². The predicted octanol–water partition coefficient (Wildman–Crippen LogP) is 6.40. The van der Waals surface area contributed by atoms with Gasteiger partial charge in [0.2, 0.25) is 0 Å². The van der Waals surface area contributed by atoms with Crippen LogP contribution in [-0.4, -0.2) is 44.5 Å². The van der Waals surface area contributed by atoms with Crippen LogP contribution in [0.5, 0.6) is 23.0 Å². The number of hydrazone groups is 1. The van der Waals surface area contributed by atoms with E-state index in [1.807, 2.05) is 26.8 Å². The summed E-state index contributed by atoms with van der Waals surface area (Å²) in [5.41, 5.74) is 5.03. The van der Waals surface area contributed by atoms with Crippen molar-refractivity contribution in [3.63, 3.8) is 0 Å². The highest BCUT2D eigenvalue weighted by atomic mass is 127.